The van der Waals surface area contributed by atoms with Gasteiger partial charge in [0.05, 0.1) is 0 Å². The van der Waals surface area contributed by atoms with Gasteiger partial charge in [-0.05, 0) is 49.6 Å². The van der Waals surface area contributed by atoms with Crippen molar-refractivity contribution in [3.05, 3.63) is 64.4 Å². The first-order valence-corrected chi connectivity index (χ1v) is 8.16. The van der Waals surface area contributed by atoms with Gasteiger partial charge in [0.15, 0.2) is 0 Å². The van der Waals surface area contributed by atoms with E-state index in [4.69, 9.17) is 0 Å². The quantitative estimate of drug-likeness (QED) is 0.661. The van der Waals surface area contributed by atoms with E-state index >= 15 is 0 Å². The van der Waals surface area contributed by atoms with E-state index in [9.17, 15) is 0 Å². The van der Waals surface area contributed by atoms with Crippen LogP contribution in [0.25, 0.3) is 10.4 Å². The maximum absolute atomic E-state index is 2.32. The van der Waals surface area contributed by atoms with Gasteiger partial charge in [0, 0.05) is 19.6 Å². The van der Waals surface area contributed by atoms with E-state index in [1.54, 1.807) is 0 Å². The molecule has 0 bridgehead atoms. The summed E-state index contributed by atoms with van der Waals surface area (Å²) in [7, 11) is 0. The van der Waals surface area contributed by atoms with Gasteiger partial charge in [0.2, 0.25) is 0 Å². The molecule has 0 atom stereocenters. The van der Waals surface area contributed by atoms with Crippen LogP contribution in [0.2, 0.25) is 0 Å². The number of thiophene rings is 1. The molecule has 0 radical (unpaired) electrons. The van der Waals surface area contributed by atoms with E-state index in [0.29, 0.717) is 0 Å². The maximum atomic E-state index is 2.32. The Labute approximate surface area is 122 Å². The third kappa shape index (κ3) is 3.20. The van der Waals surface area contributed by atoms with Crippen LogP contribution >= 0.6 is 23.1 Å². The Hall–Kier alpha value is -1.25. The Bertz CT molecular complexity index is 615. The average molecular weight is 284 g/mol. The van der Waals surface area contributed by atoms with Gasteiger partial charge < -0.3 is 0 Å². The molecule has 0 aliphatic heterocycles. The summed E-state index contributed by atoms with van der Waals surface area (Å²) >= 11 is 3.70. The molecule has 0 N–H and O–H groups in total. The second-order valence-corrected chi connectivity index (χ2v) is 7.06. The van der Waals surface area contributed by atoms with Crippen LogP contribution in [0.1, 0.15) is 17.7 Å². The van der Waals surface area contributed by atoms with Gasteiger partial charge in [-0.1, -0.05) is 42.1 Å². The van der Waals surface area contributed by atoms with E-state index in [1.165, 1.54) is 38.0 Å². The summed E-state index contributed by atoms with van der Waals surface area (Å²) in [4.78, 5) is 5.40. The number of thioether (sulfide) groups is 1. The predicted octanol–water partition coefficient (Wildman–Crippen LogP) is 6.05. The maximum Gasteiger partial charge on any atom is 0.0345 e. The van der Waals surface area contributed by atoms with E-state index in [1.807, 2.05) is 23.1 Å². The van der Waals surface area contributed by atoms with Crippen molar-refractivity contribution < 1.29 is 0 Å². The molecule has 96 valence electrons. The predicted molar refractivity (Wildman–Crippen MR) is 86.8 cm³/mol. The van der Waals surface area contributed by atoms with Crippen LogP contribution in [0.15, 0.2) is 64.4 Å². The molecule has 0 nitrogen and oxygen atoms in total. The first kappa shape index (κ1) is 12.8. The van der Waals surface area contributed by atoms with Crippen LogP contribution in [0.5, 0.6) is 0 Å². The lowest BCUT2D eigenvalue weighted by Crippen LogP contribution is -1.80. The minimum atomic E-state index is 1.17. The van der Waals surface area contributed by atoms with Crippen LogP contribution in [-0.4, -0.2) is 0 Å². The molecule has 0 saturated heterocycles. The largest absolute Gasteiger partial charge is 0.141 e. The minimum absolute atomic E-state index is 1.17. The number of hydrogen-bond donors (Lipinski definition) is 0. The molecular formula is C17H16S2. The highest BCUT2D eigenvalue weighted by atomic mass is 32.2. The molecule has 1 aromatic carbocycles. The first-order chi connectivity index (χ1) is 9.31. The fraction of sp³-hybridized carbons (Fsp3) is 0.176. The highest BCUT2D eigenvalue weighted by molar-refractivity contribution is 8.03. The highest BCUT2D eigenvalue weighted by Crippen LogP contribution is 2.33. The summed E-state index contributed by atoms with van der Waals surface area (Å²) in [5, 5.41) is 0. The second kappa shape index (κ2) is 5.81. The van der Waals surface area contributed by atoms with Gasteiger partial charge >= 0.3 is 0 Å². The fourth-order valence-electron chi connectivity index (χ4n) is 2.08. The van der Waals surface area contributed by atoms with Crippen molar-refractivity contribution in [3.8, 4) is 10.4 Å². The molecule has 0 amide bonds. The molecule has 19 heavy (non-hydrogen) atoms. The molecule has 0 unspecified atom stereocenters. The van der Waals surface area contributed by atoms with E-state index in [2.05, 4.69) is 61.5 Å². The first-order valence-electron chi connectivity index (χ1n) is 6.53. The summed E-state index contributed by atoms with van der Waals surface area (Å²) in [6, 6.07) is 13.3. The van der Waals surface area contributed by atoms with E-state index in [0.717, 1.165) is 0 Å². The summed E-state index contributed by atoms with van der Waals surface area (Å²) < 4.78 is 0. The molecular weight excluding hydrogens is 268 g/mol. The van der Waals surface area contributed by atoms with Crippen molar-refractivity contribution >= 4 is 23.1 Å². The van der Waals surface area contributed by atoms with Crippen LogP contribution in [0.4, 0.5) is 0 Å². The Balaban J connectivity index is 1.75. The average Bonchev–Trinajstić information content (AvgIpc) is 2.87. The van der Waals surface area contributed by atoms with E-state index in [-0.39, 0.29) is 0 Å². The molecule has 2 heteroatoms. The lowest BCUT2D eigenvalue weighted by Gasteiger charge is -2.07. The van der Waals surface area contributed by atoms with Crippen molar-refractivity contribution in [2.45, 2.75) is 24.7 Å². The monoisotopic (exact) mass is 284 g/mol. The molecule has 1 aliphatic carbocycles. The van der Waals surface area contributed by atoms with Crippen molar-refractivity contribution in [2.24, 2.45) is 0 Å². The zero-order chi connectivity index (χ0) is 13.1. The zero-order valence-corrected chi connectivity index (χ0v) is 12.6. The van der Waals surface area contributed by atoms with Gasteiger partial charge in [0.25, 0.3) is 0 Å². The minimum Gasteiger partial charge on any atom is -0.141 e. The highest BCUT2D eigenvalue weighted by Gasteiger charge is 2.03. The second-order valence-electron chi connectivity index (χ2n) is 4.62. The van der Waals surface area contributed by atoms with Gasteiger partial charge in [-0.15, -0.1) is 11.3 Å². The Morgan fingerprint density at radius 3 is 2.47 bits per heavy atom. The zero-order valence-electron chi connectivity index (χ0n) is 10.9. The smallest absolute Gasteiger partial charge is 0.0345 e. The summed E-state index contributed by atoms with van der Waals surface area (Å²) in [6.07, 6.45) is 9.16. The molecule has 1 aromatic heterocycles. The van der Waals surface area contributed by atoms with Gasteiger partial charge in [-0.3, -0.25) is 0 Å². The van der Waals surface area contributed by atoms with Crippen molar-refractivity contribution in [2.75, 3.05) is 0 Å². The molecule has 0 spiro atoms. The summed E-state index contributed by atoms with van der Waals surface area (Å²) in [5.74, 6) is 0. The Kier molecular flexibility index (Phi) is 3.90. The topological polar surface area (TPSA) is 0 Å². The number of benzene rings is 1. The van der Waals surface area contributed by atoms with Crippen molar-refractivity contribution in [1.82, 2.24) is 0 Å². The molecule has 0 fully saturated rings. The third-order valence-electron chi connectivity index (χ3n) is 3.08. The number of rotatable bonds is 3. The molecule has 0 saturated carbocycles. The number of allylic oxidation sites excluding steroid dienone is 3. The normalized spacial score (nSPS) is 14.5. The van der Waals surface area contributed by atoms with Crippen molar-refractivity contribution in [1.29, 1.82) is 0 Å². The standard InChI is InChI=1S/C17H16S2/c1-13-7-12-17(18-13)14-8-10-16(11-9-14)19-15-5-3-2-4-6-15/h3,5-12H,2,4H2,1H3. The SMILES string of the molecule is Cc1ccc(-c2ccc(SC3=CCCC=C3)cc2)s1. The fourth-order valence-corrected chi connectivity index (χ4v) is 3.86. The van der Waals surface area contributed by atoms with Crippen LogP contribution in [-0.2, 0) is 0 Å². The number of aryl methyl sites for hydroxylation is 1. The Morgan fingerprint density at radius 2 is 1.84 bits per heavy atom. The van der Waals surface area contributed by atoms with Crippen LogP contribution in [0.3, 0.4) is 0 Å². The number of hydrogen-bond acceptors (Lipinski definition) is 2. The molecule has 1 aliphatic rings. The van der Waals surface area contributed by atoms with Crippen molar-refractivity contribution in [3.63, 3.8) is 0 Å². The van der Waals surface area contributed by atoms with Crippen LogP contribution in [0, 0.1) is 6.92 Å². The van der Waals surface area contributed by atoms with Gasteiger partial charge in [-0.25, -0.2) is 0 Å². The Morgan fingerprint density at radius 1 is 1.00 bits per heavy atom. The van der Waals surface area contributed by atoms with Gasteiger partial charge in [0.1, 0.15) is 0 Å². The third-order valence-corrected chi connectivity index (χ3v) is 5.17. The molecule has 2 aromatic rings. The van der Waals surface area contributed by atoms with E-state index < -0.39 is 0 Å². The molecule has 1 heterocycles. The summed E-state index contributed by atoms with van der Waals surface area (Å²) in [6.45, 7) is 2.15. The lowest BCUT2D eigenvalue weighted by molar-refractivity contribution is 1.03. The molecule has 3 rings (SSSR count). The van der Waals surface area contributed by atoms with Gasteiger partial charge in [-0.2, -0.15) is 0 Å². The summed E-state index contributed by atoms with van der Waals surface area (Å²) in [5.41, 5.74) is 1.32. The lowest BCUT2D eigenvalue weighted by atomic mass is 10.2. The van der Waals surface area contributed by atoms with Crippen LogP contribution < -0.4 is 0 Å².